The summed E-state index contributed by atoms with van der Waals surface area (Å²) in [4.78, 5) is 2.52. The van der Waals surface area contributed by atoms with Gasteiger partial charge in [0.25, 0.3) is 0 Å². The van der Waals surface area contributed by atoms with Crippen LogP contribution in [0.2, 0.25) is 0 Å². The first kappa shape index (κ1) is 16.6. The molecule has 3 atom stereocenters. The zero-order valence-electron chi connectivity index (χ0n) is 14.1. The van der Waals surface area contributed by atoms with Crippen molar-refractivity contribution in [3.63, 3.8) is 0 Å². The number of rotatable bonds is 7. The maximum Gasteiger partial charge on any atom is 0.117 e. The van der Waals surface area contributed by atoms with Gasteiger partial charge in [0.15, 0.2) is 0 Å². The molecule has 21 heavy (non-hydrogen) atoms. The Morgan fingerprint density at radius 2 is 2.19 bits per heavy atom. The fraction of sp³-hybridized carbons (Fsp3) is 0.778. The van der Waals surface area contributed by atoms with E-state index in [1.807, 2.05) is 6.07 Å². The Morgan fingerprint density at radius 3 is 2.76 bits per heavy atom. The van der Waals surface area contributed by atoms with Crippen LogP contribution < -0.4 is 5.32 Å². The Bertz CT molecular complexity index is 388. The minimum atomic E-state index is 0.672. The van der Waals surface area contributed by atoms with Gasteiger partial charge >= 0.3 is 0 Å². The zero-order valence-corrected chi connectivity index (χ0v) is 14.1. The van der Waals surface area contributed by atoms with Crippen molar-refractivity contribution in [1.82, 2.24) is 10.2 Å². The first-order valence-corrected chi connectivity index (χ1v) is 8.56. The molecule has 0 saturated heterocycles. The van der Waals surface area contributed by atoms with E-state index < -0.39 is 0 Å². The molecule has 3 nitrogen and oxygen atoms in total. The number of hydrogen-bond donors (Lipinski definition) is 1. The minimum Gasteiger partial charge on any atom is -0.468 e. The van der Waals surface area contributed by atoms with Crippen LogP contribution in [0.1, 0.15) is 45.8 Å². The lowest BCUT2D eigenvalue weighted by molar-refractivity contribution is 0.120. The van der Waals surface area contributed by atoms with Crippen LogP contribution in [0.5, 0.6) is 0 Å². The maximum absolute atomic E-state index is 5.51. The van der Waals surface area contributed by atoms with Crippen LogP contribution in [0.4, 0.5) is 0 Å². The van der Waals surface area contributed by atoms with Gasteiger partial charge in [-0.2, -0.15) is 0 Å². The third-order valence-corrected chi connectivity index (χ3v) is 5.24. The third kappa shape index (κ3) is 4.58. The summed E-state index contributed by atoms with van der Waals surface area (Å²) in [5.74, 6) is 3.53. The quantitative estimate of drug-likeness (QED) is 0.829. The lowest BCUT2D eigenvalue weighted by atomic mass is 9.73. The lowest BCUT2D eigenvalue weighted by Crippen LogP contribution is -2.45. The number of nitrogens with zero attached hydrogens (tertiary/aromatic N) is 1. The van der Waals surface area contributed by atoms with Crippen molar-refractivity contribution in [1.29, 1.82) is 0 Å². The molecule has 1 aromatic rings. The normalized spacial score (nSPS) is 26.7. The van der Waals surface area contributed by atoms with E-state index in [0.29, 0.717) is 6.04 Å². The van der Waals surface area contributed by atoms with Crippen molar-refractivity contribution in [3.05, 3.63) is 24.2 Å². The first-order chi connectivity index (χ1) is 10.1. The zero-order chi connectivity index (χ0) is 15.2. The predicted molar refractivity (Wildman–Crippen MR) is 88.2 cm³/mol. The number of hydrogen-bond acceptors (Lipinski definition) is 3. The van der Waals surface area contributed by atoms with Crippen molar-refractivity contribution in [2.75, 3.05) is 20.1 Å². The predicted octanol–water partition coefficient (Wildman–Crippen LogP) is 3.76. The molecule has 1 fully saturated rings. The van der Waals surface area contributed by atoms with Crippen LogP contribution >= 0.6 is 0 Å². The summed E-state index contributed by atoms with van der Waals surface area (Å²) in [5, 5.41) is 3.55. The molecule has 0 aromatic carbocycles. The summed E-state index contributed by atoms with van der Waals surface area (Å²) in [6.45, 7) is 10.2. The SMILES string of the molecule is CCN(Cc1ccco1)CC1CC(C(C)C)CCC1NC. The summed E-state index contributed by atoms with van der Waals surface area (Å²) in [7, 11) is 2.12. The Labute approximate surface area is 130 Å². The molecule has 1 aromatic heterocycles. The molecule has 0 bridgehead atoms. The van der Waals surface area contributed by atoms with E-state index in [1.165, 1.54) is 25.8 Å². The van der Waals surface area contributed by atoms with Crippen molar-refractivity contribution < 1.29 is 4.42 Å². The smallest absolute Gasteiger partial charge is 0.117 e. The highest BCUT2D eigenvalue weighted by Crippen LogP contribution is 2.34. The van der Waals surface area contributed by atoms with E-state index in [9.17, 15) is 0 Å². The molecule has 1 aliphatic rings. The topological polar surface area (TPSA) is 28.4 Å². The molecule has 2 rings (SSSR count). The summed E-state index contributed by atoms with van der Waals surface area (Å²) in [5.41, 5.74) is 0. The van der Waals surface area contributed by atoms with Crippen LogP contribution in [0.3, 0.4) is 0 Å². The van der Waals surface area contributed by atoms with Crippen LogP contribution in [0, 0.1) is 17.8 Å². The molecule has 3 unspecified atom stereocenters. The summed E-state index contributed by atoms with van der Waals surface area (Å²) in [6, 6.07) is 4.73. The van der Waals surface area contributed by atoms with Gasteiger partial charge in [0.2, 0.25) is 0 Å². The molecule has 0 amide bonds. The third-order valence-electron chi connectivity index (χ3n) is 5.24. The second-order valence-electron chi connectivity index (χ2n) is 6.88. The molecule has 3 heteroatoms. The molecule has 0 spiro atoms. The fourth-order valence-electron chi connectivity index (χ4n) is 3.75. The monoisotopic (exact) mass is 292 g/mol. The van der Waals surface area contributed by atoms with E-state index >= 15 is 0 Å². The highest BCUT2D eigenvalue weighted by molar-refractivity contribution is 4.98. The average Bonchev–Trinajstić information content (AvgIpc) is 2.99. The molecule has 1 N–H and O–H groups in total. The van der Waals surface area contributed by atoms with E-state index in [2.05, 4.69) is 44.1 Å². The first-order valence-electron chi connectivity index (χ1n) is 8.56. The highest BCUT2D eigenvalue weighted by atomic mass is 16.3. The van der Waals surface area contributed by atoms with Crippen molar-refractivity contribution >= 4 is 0 Å². The minimum absolute atomic E-state index is 0.672. The molecular formula is C18H32N2O. The van der Waals surface area contributed by atoms with Crippen LogP contribution in [0.15, 0.2) is 22.8 Å². The van der Waals surface area contributed by atoms with Gasteiger partial charge in [0.05, 0.1) is 12.8 Å². The van der Waals surface area contributed by atoms with E-state index in [0.717, 1.165) is 36.6 Å². The van der Waals surface area contributed by atoms with Crippen molar-refractivity contribution in [3.8, 4) is 0 Å². The number of furan rings is 1. The van der Waals surface area contributed by atoms with Gasteiger partial charge in [0.1, 0.15) is 5.76 Å². The molecular weight excluding hydrogens is 260 g/mol. The van der Waals surface area contributed by atoms with Crippen molar-refractivity contribution in [2.24, 2.45) is 17.8 Å². The van der Waals surface area contributed by atoms with Gasteiger partial charge in [-0.15, -0.1) is 0 Å². The van der Waals surface area contributed by atoms with Gasteiger partial charge in [-0.3, -0.25) is 4.90 Å². The average molecular weight is 292 g/mol. The van der Waals surface area contributed by atoms with E-state index in [4.69, 9.17) is 4.42 Å². The highest BCUT2D eigenvalue weighted by Gasteiger charge is 2.31. The Balaban J connectivity index is 1.95. The second kappa shape index (κ2) is 8.00. The standard InChI is InChI=1S/C18H32N2O/c1-5-20(13-17-7-6-10-21-17)12-16-11-15(14(2)3)8-9-18(16)19-4/h6-7,10,14-16,18-19H,5,8-9,11-13H2,1-4H3. The largest absolute Gasteiger partial charge is 0.468 e. The lowest BCUT2D eigenvalue weighted by Gasteiger charge is -2.40. The van der Waals surface area contributed by atoms with Gasteiger partial charge in [0, 0.05) is 12.6 Å². The molecule has 0 radical (unpaired) electrons. The summed E-state index contributed by atoms with van der Waals surface area (Å²) >= 11 is 0. The number of nitrogens with one attached hydrogen (secondary N) is 1. The Kier molecular flexibility index (Phi) is 6.31. The maximum atomic E-state index is 5.51. The summed E-state index contributed by atoms with van der Waals surface area (Å²) < 4.78 is 5.51. The Hall–Kier alpha value is -0.800. The second-order valence-corrected chi connectivity index (χ2v) is 6.88. The van der Waals surface area contributed by atoms with Gasteiger partial charge < -0.3 is 9.73 Å². The Morgan fingerprint density at radius 1 is 1.38 bits per heavy atom. The van der Waals surface area contributed by atoms with Gasteiger partial charge in [-0.05, 0) is 62.7 Å². The molecule has 0 aliphatic heterocycles. The van der Waals surface area contributed by atoms with Gasteiger partial charge in [-0.25, -0.2) is 0 Å². The van der Waals surface area contributed by atoms with E-state index in [-0.39, 0.29) is 0 Å². The fourth-order valence-corrected chi connectivity index (χ4v) is 3.75. The van der Waals surface area contributed by atoms with Crippen LogP contribution in [0.25, 0.3) is 0 Å². The van der Waals surface area contributed by atoms with Crippen LogP contribution in [-0.2, 0) is 6.54 Å². The molecule has 1 heterocycles. The van der Waals surface area contributed by atoms with Gasteiger partial charge in [-0.1, -0.05) is 20.8 Å². The molecule has 1 saturated carbocycles. The van der Waals surface area contributed by atoms with Crippen molar-refractivity contribution in [2.45, 2.75) is 52.6 Å². The van der Waals surface area contributed by atoms with Crippen LogP contribution in [-0.4, -0.2) is 31.1 Å². The van der Waals surface area contributed by atoms with E-state index in [1.54, 1.807) is 6.26 Å². The molecule has 1 aliphatic carbocycles. The summed E-state index contributed by atoms with van der Waals surface area (Å²) in [6.07, 6.45) is 5.83. The molecule has 120 valence electrons.